The van der Waals surface area contributed by atoms with Gasteiger partial charge < -0.3 is 10.6 Å². The van der Waals surface area contributed by atoms with E-state index in [0.29, 0.717) is 12.6 Å². The van der Waals surface area contributed by atoms with Gasteiger partial charge >= 0.3 is 0 Å². The Morgan fingerprint density at radius 1 is 1.45 bits per heavy atom. The van der Waals surface area contributed by atoms with Gasteiger partial charge in [0.25, 0.3) is 0 Å². The van der Waals surface area contributed by atoms with Gasteiger partial charge in [-0.3, -0.25) is 4.90 Å². The molecule has 1 saturated heterocycles. The van der Waals surface area contributed by atoms with Crippen LogP contribution in [0.1, 0.15) is 30.0 Å². The lowest BCUT2D eigenvalue weighted by molar-refractivity contribution is 0.153. The van der Waals surface area contributed by atoms with Crippen molar-refractivity contribution in [2.24, 2.45) is 5.73 Å². The number of halogens is 1. The maximum Gasteiger partial charge on any atom is 0.128 e. The van der Waals surface area contributed by atoms with Crippen LogP contribution >= 0.6 is 0 Å². The van der Waals surface area contributed by atoms with Gasteiger partial charge in [0.05, 0.1) is 6.04 Å². The van der Waals surface area contributed by atoms with E-state index in [1.807, 2.05) is 19.1 Å². The third-order valence-electron chi connectivity index (χ3n) is 4.13. The molecule has 20 heavy (non-hydrogen) atoms. The number of nitrogens with two attached hydrogens (primary N) is 1. The molecule has 1 aromatic carbocycles. The van der Waals surface area contributed by atoms with Crippen molar-refractivity contribution in [1.29, 1.82) is 0 Å². The molecule has 1 heterocycles. The van der Waals surface area contributed by atoms with Crippen molar-refractivity contribution in [2.45, 2.75) is 31.8 Å². The zero-order valence-corrected chi connectivity index (χ0v) is 12.8. The van der Waals surface area contributed by atoms with Crippen molar-refractivity contribution in [3.05, 3.63) is 35.1 Å². The lowest BCUT2D eigenvalue weighted by Gasteiger charge is -2.34. The number of rotatable bonds is 5. The van der Waals surface area contributed by atoms with E-state index < -0.39 is 0 Å². The Hall–Kier alpha value is -0.970. The lowest BCUT2D eigenvalue weighted by atomic mass is 10.0. The van der Waals surface area contributed by atoms with E-state index in [9.17, 15) is 4.39 Å². The van der Waals surface area contributed by atoms with E-state index >= 15 is 0 Å². The summed E-state index contributed by atoms with van der Waals surface area (Å²) >= 11 is 0. The minimum atomic E-state index is -0.137. The lowest BCUT2D eigenvalue weighted by Crippen LogP contribution is -2.42. The summed E-state index contributed by atoms with van der Waals surface area (Å²) in [5.74, 6) is -0.137. The molecule has 4 heteroatoms. The maximum atomic E-state index is 14.2. The van der Waals surface area contributed by atoms with E-state index in [-0.39, 0.29) is 11.9 Å². The summed E-state index contributed by atoms with van der Waals surface area (Å²) < 4.78 is 14.2. The molecule has 0 radical (unpaired) electrons. The maximum absolute atomic E-state index is 14.2. The van der Waals surface area contributed by atoms with E-state index in [4.69, 9.17) is 5.73 Å². The summed E-state index contributed by atoms with van der Waals surface area (Å²) in [5, 5.41) is 0. The minimum absolute atomic E-state index is 0.0117. The molecule has 2 N–H and O–H groups in total. The predicted octanol–water partition coefficient (Wildman–Crippen LogP) is 2.16. The molecule has 0 saturated carbocycles. The van der Waals surface area contributed by atoms with E-state index in [0.717, 1.165) is 24.2 Å². The molecule has 1 fully saturated rings. The van der Waals surface area contributed by atoms with Crippen LogP contribution in [0.25, 0.3) is 0 Å². The summed E-state index contributed by atoms with van der Waals surface area (Å²) in [4.78, 5) is 4.58. The first kappa shape index (κ1) is 15.4. The summed E-state index contributed by atoms with van der Waals surface area (Å²) in [7, 11) is 4.17. The highest BCUT2D eigenvalue weighted by Crippen LogP contribution is 2.31. The molecule has 2 atom stereocenters. The average molecular weight is 279 g/mol. The van der Waals surface area contributed by atoms with E-state index in [1.54, 1.807) is 6.07 Å². The van der Waals surface area contributed by atoms with Gasteiger partial charge in [0, 0.05) is 24.7 Å². The van der Waals surface area contributed by atoms with Gasteiger partial charge in [0.15, 0.2) is 0 Å². The van der Waals surface area contributed by atoms with Gasteiger partial charge in [-0.1, -0.05) is 17.7 Å². The van der Waals surface area contributed by atoms with Gasteiger partial charge in [-0.25, -0.2) is 4.39 Å². The normalized spacial score (nSPS) is 21.6. The van der Waals surface area contributed by atoms with Crippen LogP contribution < -0.4 is 5.73 Å². The first-order valence-electron chi connectivity index (χ1n) is 7.39. The third-order valence-corrected chi connectivity index (χ3v) is 4.13. The average Bonchev–Trinajstić information content (AvgIpc) is 2.82. The smallest absolute Gasteiger partial charge is 0.128 e. The molecule has 0 spiro atoms. The summed E-state index contributed by atoms with van der Waals surface area (Å²) in [6.45, 7) is 4.47. The Bertz CT molecular complexity index is 447. The summed E-state index contributed by atoms with van der Waals surface area (Å²) in [5.41, 5.74) is 7.81. The van der Waals surface area contributed by atoms with Gasteiger partial charge in [-0.05, 0) is 46.5 Å². The van der Waals surface area contributed by atoms with Crippen LogP contribution in [0, 0.1) is 12.7 Å². The second-order valence-electron chi connectivity index (χ2n) is 6.07. The van der Waals surface area contributed by atoms with Gasteiger partial charge in [-0.15, -0.1) is 0 Å². The van der Waals surface area contributed by atoms with Crippen molar-refractivity contribution in [3.63, 3.8) is 0 Å². The molecule has 0 amide bonds. The van der Waals surface area contributed by atoms with Gasteiger partial charge in [0.2, 0.25) is 0 Å². The fourth-order valence-electron chi connectivity index (χ4n) is 3.25. The number of hydrogen-bond donors (Lipinski definition) is 1. The number of nitrogens with zero attached hydrogens (tertiary/aromatic N) is 2. The van der Waals surface area contributed by atoms with Crippen molar-refractivity contribution in [1.82, 2.24) is 9.80 Å². The zero-order valence-electron chi connectivity index (χ0n) is 12.8. The molecule has 2 rings (SSSR count). The van der Waals surface area contributed by atoms with Crippen molar-refractivity contribution < 1.29 is 4.39 Å². The van der Waals surface area contributed by atoms with Gasteiger partial charge in [-0.2, -0.15) is 0 Å². The fraction of sp³-hybridized carbons (Fsp3) is 0.625. The molecule has 3 nitrogen and oxygen atoms in total. The predicted molar refractivity (Wildman–Crippen MR) is 81.2 cm³/mol. The first-order chi connectivity index (χ1) is 9.52. The molecular weight excluding hydrogens is 253 g/mol. The number of likely N-dealkylation sites (tertiary alicyclic amines) is 1. The Kier molecular flexibility index (Phi) is 5.13. The highest BCUT2D eigenvalue weighted by Gasteiger charge is 2.32. The molecular formula is C16H26FN3. The second-order valence-corrected chi connectivity index (χ2v) is 6.07. The summed E-state index contributed by atoms with van der Waals surface area (Å²) in [6.07, 6.45) is 2.34. The molecule has 2 unspecified atom stereocenters. The highest BCUT2D eigenvalue weighted by molar-refractivity contribution is 5.27. The quantitative estimate of drug-likeness (QED) is 0.896. The van der Waals surface area contributed by atoms with Gasteiger partial charge in [0.1, 0.15) is 5.82 Å². The van der Waals surface area contributed by atoms with Crippen LogP contribution in [0.2, 0.25) is 0 Å². The molecule has 1 aromatic rings. The van der Waals surface area contributed by atoms with E-state index in [2.05, 4.69) is 23.9 Å². The number of aryl methyl sites for hydroxylation is 1. The Morgan fingerprint density at radius 2 is 2.20 bits per heavy atom. The SMILES string of the molecule is Cc1ccc(F)c(C(CN)N2CCCC2CN(C)C)c1. The summed E-state index contributed by atoms with van der Waals surface area (Å²) in [6, 6.07) is 5.77. The Morgan fingerprint density at radius 3 is 2.85 bits per heavy atom. The largest absolute Gasteiger partial charge is 0.329 e. The topological polar surface area (TPSA) is 32.5 Å². The Labute approximate surface area is 121 Å². The molecule has 112 valence electrons. The van der Waals surface area contributed by atoms with Crippen molar-refractivity contribution >= 4 is 0 Å². The Balaban J connectivity index is 2.24. The van der Waals surface area contributed by atoms with Crippen LogP contribution in [0.4, 0.5) is 4.39 Å². The first-order valence-corrected chi connectivity index (χ1v) is 7.39. The fourth-order valence-corrected chi connectivity index (χ4v) is 3.25. The molecule has 1 aliphatic rings. The number of likely N-dealkylation sites (N-methyl/N-ethyl adjacent to an activating group) is 1. The third kappa shape index (κ3) is 3.37. The molecule has 1 aliphatic heterocycles. The molecule has 0 aromatic heterocycles. The van der Waals surface area contributed by atoms with Crippen molar-refractivity contribution in [3.8, 4) is 0 Å². The second kappa shape index (κ2) is 6.66. The monoisotopic (exact) mass is 279 g/mol. The van der Waals surface area contributed by atoms with Crippen molar-refractivity contribution in [2.75, 3.05) is 33.7 Å². The van der Waals surface area contributed by atoms with Crippen LogP contribution in [-0.2, 0) is 0 Å². The van der Waals surface area contributed by atoms with Crippen LogP contribution in [-0.4, -0.2) is 49.6 Å². The number of benzene rings is 1. The molecule has 0 bridgehead atoms. The van der Waals surface area contributed by atoms with Crippen LogP contribution in [0.3, 0.4) is 0 Å². The standard InChI is InChI=1S/C16H26FN3/c1-12-6-7-15(17)14(9-12)16(10-18)20-8-4-5-13(20)11-19(2)3/h6-7,9,13,16H,4-5,8,10-11,18H2,1-3H3. The minimum Gasteiger partial charge on any atom is -0.329 e. The highest BCUT2D eigenvalue weighted by atomic mass is 19.1. The number of hydrogen-bond acceptors (Lipinski definition) is 3. The van der Waals surface area contributed by atoms with Crippen LogP contribution in [0.15, 0.2) is 18.2 Å². The molecule has 0 aliphatic carbocycles. The van der Waals surface area contributed by atoms with Crippen LogP contribution in [0.5, 0.6) is 0 Å². The van der Waals surface area contributed by atoms with E-state index in [1.165, 1.54) is 12.8 Å². The zero-order chi connectivity index (χ0) is 14.7.